The van der Waals surface area contributed by atoms with Gasteiger partial charge in [0.2, 0.25) is 5.91 Å². The Morgan fingerprint density at radius 2 is 2.19 bits per heavy atom. The molecular formula is C17H22FN3O5. The van der Waals surface area contributed by atoms with Gasteiger partial charge in [-0.15, -0.1) is 0 Å². The average Bonchev–Trinajstić information content (AvgIpc) is 2.92. The van der Waals surface area contributed by atoms with E-state index in [-0.39, 0.29) is 18.7 Å². The van der Waals surface area contributed by atoms with Gasteiger partial charge in [0.1, 0.15) is 11.9 Å². The van der Waals surface area contributed by atoms with Crippen molar-refractivity contribution < 1.29 is 28.7 Å². The molecule has 0 unspecified atom stereocenters. The first-order valence-corrected chi connectivity index (χ1v) is 8.27. The van der Waals surface area contributed by atoms with Crippen LogP contribution >= 0.6 is 0 Å². The number of amides is 2. The minimum atomic E-state index is -0.683. The molecule has 1 N–H and O–H groups in total. The van der Waals surface area contributed by atoms with Crippen molar-refractivity contribution in [2.45, 2.75) is 25.6 Å². The number of anilines is 2. The number of nitrogens with zero attached hydrogens (tertiary/aromatic N) is 3. The third-order valence-electron chi connectivity index (χ3n) is 4.74. The van der Waals surface area contributed by atoms with Gasteiger partial charge in [-0.2, -0.15) is 0 Å². The minimum Gasteiger partial charge on any atom is -0.442 e. The molecule has 0 saturated carbocycles. The molecular weight excluding hydrogens is 345 g/mol. The number of benzene rings is 1. The first kappa shape index (κ1) is 18.4. The van der Waals surface area contributed by atoms with Gasteiger partial charge in [0.25, 0.3) is 0 Å². The highest BCUT2D eigenvalue weighted by Crippen LogP contribution is 2.34. The van der Waals surface area contributed by atoms with E-state index in [1.165, 1.54) is 17.9 Å². The molecule has 2 amide bonds. The smallest absolute Gasteiger partial charge is 0.414 e. The van der Waals surface area contributed by atoms with Crippen molar-refractivity contribution in [2.75, 3.05) is 43.1 Å². The van der Waals surface area contributed by atoms with E-state index < -0.39 is 23.9 Å². The lowest BCUT2D eigenvalue weighted by atomic mass is 9.95. The lowest BCUT2D eigenvalue weighted by Gasteiger charge is -2.48. The van der Waals surface area contributed by atoms with Gasteiger partial charge in [-0.25, -0.2) is 14.2 Å². The van der Waals surface area contributed by atoms with Gasteiger partial charge in [-0.1, -0.05) is 0 Å². The third kappa shape index (κ3) is 3.45. The van der Waals surface area contributed by atoms with Crippen LogP contribution in [-0.2, 0) is 14.3 Å². The van der Waals surface area contributed by atoms with E-state index >= 15 is 0 Å². The molecule has 1 aromatic rings. The zero-order valence-corrected chi connectivity index (χ0v) is 14.9. The number of ether oxygens (including phenoxy) is 2. The molecule has 1 atom stereocenters. The predicted molar refractivity (Wildman–Crippen MR) is 90.8 cm³/mol. The molecule has 2 fully saturated rings. The number of hydrogen-bond donors (Lipinski definition) is 1. The number of carbonyl (C=O) groups is 2. The van der Waals surface area contributed by atoms with Gasteiger partial charge in [0.05, 0.1) is 30.1 Å². The van der Waals surface area contributed by atoms with Crippen molar-refractivity contribution in [1.82, 2.24) is 5.06 Å². The van der Waals surface area contributed by atoms with Crippen LogP contribution in [0.1, 0.15) is 13.8 Å². The van der Waals surface area contributed by atoms with E-state index in [2.05, 4.69) is 0 Å². The monoisotopic (exact) mass is 367 g/mol. The molecule has 26 heavy (non-hydrogen) atoms. The van der Waals surface area contributed by atoms with Gasteiger partial charge in [0, 0.05) is 27.1 Å². The molecule has 3 rings (SSSR count). The summed E-state index contributed by atoms with van der Waals surface area (Å²) in [6.07, 6.45) is -1.33. The van der Waals surface area contributed by atoms with Crippen molar-refractivity contribution >= 4 is 23.4 Å². The first-order valence-electron chi connectivity index (χ1n) is 8.27. The second kappa shape index (κ2) is 6.73. The maximum atomic E-state index is 14.5. The molecule has 0 bridgehead atoms. The third-order valence-corrected chi connectivity index (χ3v) is 4.74. The summed E-state index contributed by atoms with van der Waals surface area (Å²) >= 11 is 0. The number of rotatable bonds is 5. The Morgan fingerprint density at radius 3 is 2.77 bits per heavy atom. The molecule has 2 saturated heterocycles. The standard InChI is InChI=1S/C17H22FN3O5/c1-11(22)21(24)8-13-7-20(16(23)26-13)12-4-5-15(14(18)6-12)19-9-17(2,10-19)25-3/h4-6,13,24H,7-10H2,1-3H3/t13-/m0/s1. The average molecular weight is 367 g/mol. The highest BCUT2D eigenvalue weighted by atomic mass is 19.1. The molecule has 8 nitrogen and oxygen atoms in total. The van der Waals surface area contributed by atoms with Gasteiger partial charge in [0.15, 0.2) is 0 Å². The Bertz CT molecular complexity index is 722. The quantitative estimate of drug-likeness (QED) is 0.629. The highest BCUT2D eigenvalue weighted by Gasteiger charge is 2.40. The van der Waals surface area contributed by atoms with E-state index in [1.54, 1.807) is 19.2 Å². The number of carbonyl (C=O) groups excluding carboxylic acids is 2. The van der Waals surface area contributed by atoms with Crippen molar-refractivity contribution in [3.63, 3.8) is 0 Å². The second-order valence-electron chi connectivity index (χ2n) is 6.86. The van der Waals surface area contributed by atoms with Crippen LogP contribution in [0, 0.1) is 5.82 Å². The Balaban J connectivity index is 1.68. The fourth-order valence-electron chi connectivity index (χ4n) is 3.13. The zero-order chi connectivity index (χ0) is 19.1. The largest absolute Gasteiger partial charge is 0.442 e. The summed E-state index contributed by atoms with van der Waals surface area (Å²) in [7, 11) is 1.63. The SMILES string of the molecule is COC1(C)CN(c2ccc(N3C[C@@H](CN(O)C(C)=O)OC3=O)cc2F)C1. The Kier molecular flexibility index (Phi) is 4.76. The summed E-state index contributed by atoms with van der Waals surface area (Å²) in [6.45, 7) is 4.32. The van der Waals surface area contributed by atoms with Crippen LogP contribution in [0.5, 0.6) is 0 Å². The molecule has 2 aliphatic rings. The molecule has 0 aliphatic carbocycles. The van der Waals surface area contributed by atoms with E-state index in [0.29, 0.717) is 29.5 Å². The van der Waals surface area contributed by atoms with Gasteiger partial charge < -0.3 is 14.4 Å². The fourth-order valence-corrected chi connectivity index (χ4v) is 3.13. The normalized spacial score (nSPS) is 21.4. The van der Waals surface area contributed by atoms with Crippen molar-refractivity contribution in [2.24, 2.45) is 0 Å². The maximum absolute atomic E-state index is 14.5. The molecule has 142 valence electrons. The van der Waals surface area contributed by atoms with Crippen LogP contribution in [0.4, 0.5) is 20.6 Å². The Hall–Kier alpha value is -2.39. The van der Waals surface area contributed by atoms with Crippen LogP contribution in [0.3, 0.4) is 0 Å². The topological polar surface area (TPSA) is 82.6 Å². The second-order valence-corrected chi connectivity index (χ2v) is 6.86. The van der Waals surface area contributed by atoms with Gasteiger partial charge >= 0.3 is 6.09 Å². The van der Waals surface area contributed by atoms with Gasteiger partial charge in [-0.05, 0) is 25.1 Å². The van der Waals surface area contributed by atoms with Gasteiger partial charge in [-0.3, -0.25) is 14.9 Å². The van der Waals surface area contributed by atoms with E-state index in [1.807, 2.05) is 11.8 Å². The highest BCUT2D eigenvalue weighted by molar-refractivity contribution is 5.90. The summed E-state index contributed by atoms with van der Waals surface area (Å²) in [4.78, 5) is 26.2. The van der Waals surface area contributed by atoms with Crippen molar-refractivity contribution in [3.8, 4) is 0 Å². The Labute approximate surface area is 150 Å². The number of methoxy groups -OCH3 is 1. The summed E-state index contributed by atoms with van der Waals surface area (Å²) in [5.41, 5.74) is 0.538. The van der Waals surface area contributed by atoms with E-state index in [0.717, 1.165) is 0 Å². The lowest BCUT2D eigenvalue weighted by Crippen LogP contribution is -2.61. The predicted octanol–water partition coefficient (Wildman–Crippen LogP) is 1.61. The summed E-state index contributed by atoms with van der Waals surface area (Å²) in [5.74, 6) is -0.989. The number of halogens is 1. The number of hydrogen-bond acceptors (Lipinski definition) is 6. The fraction of sp³-hybridized carbons (Fsp3) is 0.529. The van der Waals surface area contributed by atoms with Crippen molar-refractivity contribution in [1.29, 1.82) is 0 Å². The van der Waals surface area contributed by atoms with Crippen LogP contribution in [0.2, 0.25) is 0 Å². The molecule has 0 spiro atoms. The zero-order valence-electron chi connectivity index (χ0n) is 14.9. The van der Waals surface area contributed by atoms with E-state index in [4.69, 9.17) is 9.47 Å². The Morgan fingerprint density at radius 1 is 1.50 bits per heavy atom. The van der Waals surface area contributed by atoms with Crippen LogP contribution in [0.25, 0.3) is 0 Å². The molecule has 2 heterocycles. The van der Waals surface area contributed by atoms with Crippen molar-refractivity contribution in [3.05, 3.63) is 24.0 Å². The first-order chi connectivity index (χ1) is 12.2. The van der Waals surface area contributed by atoms with Crippen LogP contribution in [0.15, 0.2) is 18.2 Å². The minimum absolute atomic E-state index is 0.118. The molecule has 9 heteroatoms. The van der Waals surface area contributed by atoms with Crippen LogP contribution in [-0.4, -0.2) is 67.3 Å². The number of hydroxylamine groups is 2. The molecule has 1 aromatic carbocycles. The molecule has 0 radical (unpaired) electrons. The lowest BCUT2D eigenvalue weighted by molar-refractivity contribution is -0.166. The summed E-state index contributed by atoms with van der Waals surface area (Å²) < 4.78 is 25.0. The summed E-state index contributed by atoms with van der Waals surface area (Å²) in [6, 6.07) is 4.55. The van der Waals surface area contributed by atoms with E-state index in [9.17, 15) is 19.2 Å². The molecule has 0 aromatic heterocycles. The maximum Gasteiger partial charge on any atom is 0.414 e. The van der Waals surface area contributed by atoms with Crippen LogP contribution < -0.4 is 9.80 Å². The number of cyclic esters (lactones) is 1. The summed E-state index contributed by atoms with van der Waals surface area (Å²) in [5, 5.41) is 9.95. The molecule has 2 aliphatic heterocycles.